The largest absolute Gasteiger partial charge is 0.242 e. The zero-order valence-corrected chi connectivity index (χ0v) is 9.14. The van der Waals surface area contributed by atoms with E-state index in [1.165, 1.54) is 4.70 Å². The van der Waals surface area contributed by atoms with Crippen LogP contribution in [0.2, 0.25) is 0 Å². The SMILES string of the molecule is CC(C)C(F)c1ccc2sccc2c1. The van der Waals surface area contributed by atoms with E-state index in [4.69, 9.17) is 0 Å². The molecule has 0 radical (unpaired) electrons. The molecule has 0 N–H and O–H groups in total. The molecule has 1 heterocycles. The van der Waals surface area contributed by atoms with Gasteiger partial charge in [0.25, 0.3) is 0 Å². The highest BCUT2D eigenvalue weighted by molar-refractivity contribution is 7.17. The number of rotatable bonds is 2. The second-order valence-electron chi connectivity index (χ2n) is 3.86. The van der Waals surface area contributed by atoms with Gasteiger partial charge in [-0.1, -0.05) is 19.9 Å². The van der Waals surface area contributed by atoms with Crippen molar-refractivity contribution in [3.05, 3.63) is 35.2 Å². The Kier molecular flexibility index (Phi) is 2.55. The second kappa shape index (κ2) is 3.70. The third kappa shape index (κ3) is 1.67. The van der Waals surface area contributed by atoms with Crippen LogP contribution in [-0.4, -0.2) is 0 Å². The third-order valence-electron chi connectivity index (χ3n) is 2.38. The Morgan fingerprint density at radius 1 is 1.21 bits per heavy atom. The van der Waals surface area contributed by atoms with Gasteiger partial charge in [0.2, 0.25) is 0 Å². The van der Waals surface area contributed by atoms with Gasteiger partial charge in [0.1, 0.15) is 6.17 Å². The van der Waals surface area contributed by atoms with Gasteiger partial charge in [-0.15, -0.1) is 11.3 Å². The predicted octanol–water partition coefficient (Wildman–Crippen LogP) is 4.57. The van der Waals surface area contributed by atoms with Crippen LogP contribution in [0.15, 0.2) is 29.6 Å². The van der Waals surface area contributed by atoms with E-state index in [9.17, 15) is 4.39 Å². The van der Waals surface area contributed by atoms with Crippen LogP contribution < -0.4 is 0 Å². The molecule has 1 unspecified atom stereocenters. The Labute approximate surface area is 87.4 Å². The first-order valence-corrected chi connectivity index (χ1v) is 5.67. The average molecular weight is 208 g/mol. The molecule has 2 heteroatoms. The molecule has 14 heavy (non-hydrogen) atoms. The molecular weight excluding hydrogens is 195 g/mol. The zero-order valence-electron chi connectivity index (χ0n) is 8.33. The maximum Gasteiger partial charge on any atom is 0.127 e. The topological polar surface area (TPSA) is 0 Å². The van der Waals surface area contributed by atoms with Crippen LogP contribution in [-0.2, 0) is 0 Å². The molecule has 0 amide bonds. The summed E-state index contributed by atoms with van der Waals surface area (Å²) in [5.74, 6) is 0.0473. The van der Waals surface area contributed by atoms with E-state index in [2.05, 4.69) is 0 Å². The molecule has 1 atom stereocenters. The Hall–Kier alpha value is -0.890. The lowest BCUT2D eigenvalue weighted by atomic mass is 10.00. The van der Waals surface area contributed by atoms with Crippen LogP contribution in [0, 0.1) is 5.92 Å². The molecule has 1 aromatic carbocycles. The lowest BCUT2D eigenvalue weighted by molar-refractivity contribution is 0.262. The molecule has 0 saturated heterocycles. The van der Waals surface area contributed by atoms with Crippen molar-refractivity contribution >= 4 is 21.4 Å². The van der Waals surface area contributed by atoms with Gasteiger partial charge in [0.05, 0.1) is 0 Å². The van der Waals surface area contributed by atoms with Crippen LogP contribution in [0.1, 0.15) is 25.6 Å². The zero-order chi connectivity index (χ0) is 10.1. The maximum absolute atomic E-state index is 13.7. The Balaban J connectivity index is 2.43. The molecule has 0 aliphatic carbocycles. The van der Waals surface area contributed by atoms with Gasteiger partial charge in [-0.05, 0) is 40.4 Å². The number of thiophene rings is 1. The van der Waals surface area contributed by atoms with Crippen molar-refractivity contribution in [3.8, 4) is 0 Å². The van der Waals surface area contributed by atoms with Gasteiger partial charge in [0, 0.05) is 4.70 Å². The highest BCUT2D eigenvalue weighted by atomic mass is 32.1. The normalized spacial score (nSPS) is 13.7. The summed E-state index contributed by atoms with van der Waals surface area (Å²) in [6, 6.07) is 7.89. The van der Waals surface area contributed by atoms with E-state index in [0.717, 1.165) is 10.9 Å². The number of hydrogen-bond donors (Lipinski definition) is 0. The first kappa shape index (κ1) is 9.66. The fourth-order valence-corrected chi connectivity index (χ4v) is 2.31. The standard InChI is InChI=1S/C12H13FS/c1-8(2)12(13)10-3-4-11-9(7-10)5-6-14-11/h3-8,12H,1-2H3. The van der Waals surface area contributed by atoms with E-state index < -0.39 is 6.17 Å². The van der Waals surface area contributed by atoms with Crippen molar-refractivity contribution in [2.24, 2.45) is 5.92 Å². The molecular formula is C12H13FS. The van der Waals surface area contributed by atoms with Gasteiger partial charge in [-0.25, -0.2) is 4.39 Å². The minimum absolute atomic E-state index is 0.0473. The summed E-state index contributed by atoms with van der Waals surface area (Å²) in [7, 11) is 0. The Morgan fingerprint density at radius 3 is 2.71 bits per heavy atom. The number of halogens is 1. The summed E-state index contributed by atoms with van der Waals surface area (Å²) in [5, 5.41) is 3.19. The van der Waals surface area contributed by atoms with Gasteiger partial charge < -0.3 is 0 Å². The predicted molar refractivity (Wildman–Crippen MR) is 60.5 cm³/mol. The summed E-state index contributed by atoms with van der Waals surface area (Å²) in [6.07, 6.45) is -0.848. The van der Waals surface area contributed by atoms with Crippen molar-refractivity contribution in [1.29, 1.82) is 0 Å². The second-order valence-corrected chi connectivity index (χ2v) is 4.81. The molecule has 0 saturated carbocycles. The van der Waals surface area contributed by atoms with E-state index in [0.29, 0.717) is 0 Å². The molecule has 0 nitrogen and oxygen atoms in total. The highest BCUT2D eigenvalue weighted by Gasteiger charge is 2.14. The van der Waals surface area contributed by atoms with Crippen molar-refractivity contribution in [2.45, 2.75) is 20.0 Å². The van der Waals surface area contributed by atoms with E-state index in [1.54, 1.807) is 11.3 Å². The minimum Gasteiger partial charge on any atom is -0.242 e. The summed E-state index contributed by atoms with van der Waals surface area (Å²) in [5.41, 5.74) is 0.797. The first-order valence-electron chi connectivity index (χ1n) is 4.79. The fourth-order valence-electron chi connectivity index (χ4n) is 1.54. The molecule has 0 spiro atoms. The lowest BCUT2D eigenvalue weighted by Crippen LogP contribution is -1.99. The molecule has 0 fully saturated rings. The number of fused-ring (bicyclic) bond motifs is 1. The third-order valence-corrected chi connectivity index (χ3v) is 3.28. The number of alkyl halides is 1. The summed E-state index contributed by atoms with van der Waals surface area (Å²) in [6.45, 7) is 3.81. The Morgan fingerprint density at radius 2 is 2.00 bits per heavy atom. The van der Waals surface area contributed by atoms with Crippen LogP contribution in [0.4, 0.5) is 4.39 Å². The molecule has 0 aliphatic rings. The smallest absolute Gasteiger partial charge is 0.127 e. The first-order chi connectivity index (χ1) is 6.68. The summed E-state index contributed by atoms with van der Waals surface area (Å²) >= 11 is 1.69. The van der Waals surface area contributed by atoms with Crippen LogP contribution in [0.5, 0.6) is 0 Å². The molecule has 0 aliphatic heterocycles. The van der Waals surface area contributed by atoms with Gasteiger partial charge in [0.15, 0.2) is 0 Å². The lowest BCUT2D eigenvalue weighted by Gasteiger charge is -2.11. The van der Waals surface area contributed by atoms with Crippen LogP contribution in [0.3, 0.4) is 0 Å². The maximum atomic E-state index is 13.7. The van der Waals surface area contributed by atoms with Crippen molar-refractivity contribution < 1.29 is 4.39 Å². The van der Waals surface area contributed by atoms with Gasteiger partial charge >= 0.3 is 0 Å². The van der Waals surface area contributed by atoms with E-state index in [1.807, 2.05) is 43.5 Å². The average Bonchev–Trinajstić information content (AvgIpc) is 2.62. The fraction of sp³-hybridized carbons (Fsp3) is 0.333. The molecule has 74 valence electrons. The quantitative estimate of drug-likeness (QED) is 0.678. The van der Waals surface area contributed by atoms with E-state index >= 15 is 0 Å². The number of hydrogen-bond acceptors (Lipinski definition) is 1. The van der Waals surface area contributed by atoms with Crippen LogP contribution in [0.25, 0.3) is 10.1 Å². The van der Waals surface area contributed by atoms with Gasteiger partial charge in [-0.2, -0.15) is 0 Å². The van der Waals surface area contributed by atoms with Gasteiger partial charge in [-0.3, -0.25) is 0 Å². The van der Waals surface area contributed by atoms with Crippen LogP contribution >= 0.6 is 11.3 Å². The summed E-state index contributed by atoms with van der Waals surface area (Å²) in [4.78, 5) is 0. The monoisotopic (exact) mass is 208 g/mol. The van der Waals surface area contributed by atoms with Crippen molar-refractivity contribution in [3.63, 3.8) is 0 Å². The number of benzene rings is 1. The van der Waals surface area contributed by atoms with E-state index in [-0.39, 0.29) is 5.92 Å². The molecule has 2 aromatic rings. The Bertz CT molecular complexity index is 431. The van der Waals surface area contributed by atoms with Crippen molar-refractivity contribution in [1.82, 2.24) is 0 Å². The molecule has 1 aromatic heterocycles. The minimum atomic E-state index is -0.848. The summed E-state index contributed by atoms with van der Waals surface area (Å²) < 4.78 is 14.9. The highest BCUT2D eigenvalue weighted by Crippen LogP contribution is 2.30. The molecule has 0 bridgehead atoms. The van der Waals surface area contributed by atoms with Crippen molar-refractivity contribution in [2.75, 3.05) is 0 Å². The molecule has 2 rings (SSSR count).